The summed E-state index contributed by atoms with van der Waals surface area (Å²) >= 11 is 7.83. The lowest BCUT2D eigenvalue weighted by molar-refractivity contribution is 0.0872. The van der Waals surface area contributed by atoms with Crippen molar-refractivity contribution in [3.63, 3.8) is 0 Å². The lowest BCUT2D eigenvalue weighted by Crippen LogP contribution is -2.21. The number of pyridine rings is 1. The van der Waals surface area contributed by atoms with E-state index in [1.807, 2.05) is 29.2 Å². The Kier molecular flexibility index (Phi) is 4.87. The molecule has 3 heterocycles. The Bertz CT molecular complexity index is 809. The van der Waals surface area contributed by atoms with Crippen molar-refractivity contribution in [2.75, 3.05) is 6.61 Å². The zero-order valence-corrected chi connectivity index (χ0v) is 16.1. The fraction of sp³-hybridized carbons (Fsp3) is 0.375. The van der Waals surface area contributed by atoms with Crippen molar-refractivity contribution in [2.24, 2.45) is 0 Å². The number of nitrogens with zero attached hydrogens (tertiary/aromatic N) is 3. The highest BCUT2D eigenvalue weighted by Crippen LogP contribution is 2.35. The molecule has 0 aliphatic carbocycles. The Labute approximate surface area is 146 Å². The van der Waals surface area contributed by atoms with Gasteiger partial charge in [-0.2, -0.15) is 0 Å². The molecule has 0 aromatic carbocycles. The Morgan fingerprint density at radius 1 is 1.30 bits per heavy atom. The summed E-state index contributed by atoms with van der Waals surface area (Å²) in [4.78, 5) is 9.89. The van der Waals surface area contributed by atoms with Crippen LogP contribution in [-0.2, 0) is 11.5 Å². The Morgan fingerprint density at radius 3 is 2.87 bits per heavy atom. The smallest absolute Gasteiger partial charge is 0.123 e. The van der Waals surface area contributed by atoms with Crippen molar-refractivity contribution >= 4 is 41.2 Å². The van der Waals surface area contributed by atoms with E-state index in [-0.39, 0.29) is 0 Å². The van der Waals surface area contributed by atoms with Crippen LogP contribution in [0, 0.1) is 0 Å². The van der Waals surface area contributed by atoms with E-state index in [1.54, 1.807) is 17.5 Å². The first kappa shape index (κ1) is 16.6. The molecule has 3 aromatic rings. The van der Waals surface area contributed by atoms with E-state index in [0.29, 0.717) is 6.73 Å². The lowest BCUT2D eigenvalue weighted by atomic mass is 10.3. The monoisotopic (exact) mass is 365 g/mol. The maximum atomic E-state index is 6.21. The van der Waals surface area contributed by atoms with Gasteiger partial charge in [-0.15, -0.1) is 11.3 Å². The van der Waals surface area contributed by atoms with Crippen LogP contribution in [0.1, 0.15) is 0 Å². The third-order valence-electron chi connectivity index (χ3n) is 3.49. The van der Waals surface area contributed by atoms with Crippen molar-refractivity contribution in [3.8, 4) is 10.6 Å². The quantitative estimate of drug-likeness (QED) is 0.449. The maximum absolute atomic E-state index is 6.21. The summed E-state index contributed by atoms with van der Waals surface area (Å²) in [7, 11) is -1.03. The molecule has 0 bridgehead atoms. The first-order valence-electron chi connectivity index (χ1n) is 7.56. The predicted octanol–water partition coefficient (Wildman–Crippen LogP) is 5.13. The molecule has 7 heteroatoms. The number of hydrogen-bond acceptors (Lipinski definition) is 4. The number of rotatable bonds is 6. The molecule has 0 N–H and O–H groups in total. The molecule has 3 aromatic heterocycles. The SMILES string of the molecule is C[Si](C)(C)CCOCn1cnc(-c2cc3nccc(Cl)c3s2)c1. The number of thiophene rings is 1. The van der Waals surface area contributed by atoms with E-state index in [9.17, 15) is 0 Å². The Balaban J connectivity index is 1.67. The minimum atomic E-state index is -1.03. The first-order valence-corrected chi connectivity index (χ1v) is 12.5. The van der Waals surface area contributed by atoms with Crippen LogP contribution in [-0.4, -0.2) is 29.2 Å². The summed E-state index contributed by atoms with van der Waals surface area (Å²) in [5.41, 5.74) is 1.84. The number of hydrogen-bond donors (Lipinski definition) is 0. The van der Waals surface area contributed by atoms with Gasteiger partial charge in [-0.05, 0) is 18.2 Å². The highest BCUT2D eigenvalue weighted by Gasteiger charge is 2.13. The second kappa shape index (κ2) is 6.73. The summed E-state index contributed by atoms with van der Waals surface area (Å²) in [5.74, 6) is 0. The van der Waals surface area contributed by atoms with Gasteiger partial charge in [0.25, 0.3) is 0 Å². The van der Waals surface area contributed by atoms with Gasteiger partial charge in [0.05, 0.1) is 32.1 Å². The van der Waals surface area contributed by atoms with Gasteiger partial charge >= 0.3 is 0 Å². The number of imidazole rings is 1. The van der Waals surface area contributed by atoms with Crippen LogP contribution in [0.15, 0.2) is 30.9 Å². The molecule has 0 atom stereocenters. The first-order chi connectivity index (χ1) is 10.9. The number of aromatic nitrogens is 3. The van der Waals surface area contributed by atoms with E-state index in [2.05, 4.69) is 29.6 Å². The molecule has 0 spiro atoms. The van der Waals surface area contributed by atoms with E-state index in [1.165, 1.54) is 6.04 Å². The van der Waals surface area contributed by atoms with Crippen LogP contribution in [0.2, 0.25) is 30.7 Å². The van der Waals surface area contributed by atoms with Crippen LogP contribution >= 0.6 is 22.9 Å². The topological polar surface area (TPSA) is 39.9 Å². The highest BCUT2D eigenvalue weighted by atomic mass is 35.5. The van der Waals surface area contributed by atoms with Crippen LogP contribution in [0.5, 0.6) is 0 Å². The lowest BCUT2D eigenvalue weighted by Gasteiger charge is -2.15. The summed E-state index contributed by atoms with van der Waals surface area (Å²) in [5, 5.41) is 0.736. The molecule has 3 rings (SSSR count). The van der Waals surface area contributed by atoms with Gasteiger partial charge in [0.15, 0.2) is 0 Å². The van der Waals surface area contributed by atoms with Crippen LogP contribution in [0.4, 0.5) is 0 Å². The Hall–Kier alpha value is -1.21. The number of ether oxygens (including phenoxy) is 1. The van der Waals surface area contributed by atoms with Crippen molar-refractivity contribution in [1.29, 1.82) is 0 Å². The van der Waals surface area contributed by atoms with Crippen LogP contribution < -0.4 is 0 Å². The molecule has 0 unspecified atom stereocenters. The molecular weight excluding hydrogens is 346 g/mol. The maximum Gasteiger partial charge on any atom is 0.123 e. The van der Waals surface area contributed by atoms with E-state index >= 15 is 0 Å². The van der Waals surface area contributed by atoms with Crippen molar-refractivity contribution < 1.29 is 4.74 Å². The minimum Gasteiger partial charge on any atom is -0.361 e. The van der Waals surface area contributed by atoms with Crippen LogP contribution in [0.3, 0.4) is 0 Å². The van der Waals surface area contributed by atoms with Crippen molar-refractivity contribution in [3.05, 3.63) is 35.9 Å². The van der Waals surface area contributed by atoms with Gasteiger partial charge in [0, 0.05) is 27.1 Å². The highest BCUT2D eigenvalue weighted by molar-refractivity contribution is 7.22. The molecule has 23 heavy (non-hydrogen) atoms. The van der Waals surface area contributed by atoms with Gasteiger partial charge < -0.3 is 9.30 Å². The van der Waals surface area contributed by atoms with E-state index in [0.717, 1.165) is 32.4 Å². The largest absolute Gasteiger partial charge is 0.361 e. The summed E-state index contributed by atoms with van der Waals surface area (Å²) in [6.07, 6.45) is 5.54. The van der Waals surface area contributed by atoms with Gasteiger partial charge in [-0.1, -0.05) is 31.2 Å². The summed E-state index contributed by atoms with van der Waals surface area (Å²) in [6.45, 7) is 8.41. The fourth-order valence-electron chi connectivity index (χ4n) is 2.14. The minimum absolute atomic E-state index is 0.543. The molecule has 122 valence electrons. The van der Waals surface area contributed by atoms with Crippen molar-refractivity contribution in [1.82, 2.24) is 14.5 Å². The second-order valence-electron chi connectivity index (χ2n) is 6.74. The zero-order chi connectivity index (χ0) is 16.4. The fourth-order valence-corrected chi connectivity index (χ4v) is 4.15. The third-order valence-corrected chi connectivity index (χ3v) is 6.80. The normalized spacial score (nSPS) is 12.2. The average molecular weight is 366 g/mol. The number of halogens is 1. The second-order valence-corrected chi connectivity index (χ2v) is 13.8. The Morgan fingerprint density at radius 2 is 2.13 bits per heavy atom. The molecule has 0 saturated carbocycles. The van der Waals surface area contributed by atoms with Gasteiger partial charge in [-0.3, -0.25) is 4.98 Å². The molecule has 0 fully saturated rings. The average Bonchev–Trinajstić information content (AvgIpc) is 3.09. The van der Waals surface area contributed by atoms with Gasteiger partial charge in [0.1, 0.15) is 6.73 Å². The molecule has 0 saturated heterocycles. The standard InChI is InChI=1S/C16H20ClN3OSSi/c1-23(2,3)7-6-21-11-20-9-14(19-10-20)15-8-13-16(22-15)12(17)4-5-18-13/h4-5,8-10H,6-7,11H2,1-3H3. The predicted molar refractivity (Wildman–Crippen MR) is 100.0 cm³/mol. The molecule has 0 aliphatic rings. The van der Waals surface area contributed by atoms with Gasteiger partial charge in [-0.25, -0.2) is 4.98 Å². The zero-order valence-electron chi connectivity index (χ0n) is 13.5. The van der Waals surface area contributed by atoms with Crippen LogP contribution in [0.25, 0.3) is 20.8 Å². The van der Waals surface area contributed by atoms with Gasteiger partial charge in [0.2, 0.25) is 0 Å². The number of fused-ring (bicyclic) bond motifs is 1. The van der Waals surface area contributed by atoms with E-state index < -0.39 is 8.07 Å². The summed E-state index contributed by atoms with van der Waals surface area (Å²) in [6, 6.07) is 5.02. The molecule has 0 aliphatic heterocycles. The van der Waals surface area contributed by atoms with E-state index in [4.69, 9.17) is 16.3 Å². The van der Waals surface area contributed by atoms with Crippen molar-refractivity contribution in [2.45, 2.75) is 32.4 Å². The molecule has 0 amide bonds. The summed E-state index contributed by atoms with van der Waals surface area (Å²) < 4.78 is 8.73. The third kappa shape index (κ3) is 4.20. The molecular formula is C16H20ClN3OSSi. The molecule has 4 nitrogen and oxygen atoms in total. The molecule has 0 radical (unpaired) electrons.